The van der Waals surface area contributed by atoms with Crippen LogP contribution in [0.1, 0.15) is 25.7 Å². The van der Waals surface area contributed by atoms with E-state index in [1.54, 1.807) is 0 Å². The highest BCUT2D eigenvalue weighted by atomic mass is 16.5. The van der Waals surface area contributed by atoms with Crippen molar-refractivity contribution in [2.45, 2.75) is 37.8 Å². The largest absolute Gasteiger partial charge is 0.481 e. The fourth-order valence-electron chi connectivity index (χ4n) is 1.38. The topological polar surface area (TPSA) is 139 Å². The number of nitrogens with one attached hydrogen (secondary N) is 1. The van der Waals surface area contributed by atoms with Crippen LogP contribution in [0.2, 0.25) is 0 Å². The predicted molar refractivity (Wildman–Crippen MR) is 65.5 cm³/mol. The lowest BCUT2D eigenvalue weighted by Crippen LogP contribution is -2.48. The molecule has 0 saturated heterocycles. The van der Waals surface area contributed by atoms with E-state index in [-0.39, 0.29) is 12.8 Å². The molecule has 2 atom stereocenters. The van der Waals surface area contributed by atoms with Crippen LogP contribution >= 0.6 is 0 Å². The summed E-state index contributed by atoms with van der Waals surface area (Å²) in [6.07, 6.45) is 0.431. The van der Waals surface area contributed by atoms with E-state index < -0.39 is 29.9 Å². The van der Waals surface area contributed by atoms with Gasteiger partial charge in [-0.1, -0.05) is 0 Å². The van der Waals surface area contributed by atoms with Gasteiger partial charge < -0.3 is 26.0 Å². The first-order valence-electron chi connectivity index (χ1n) is 5.88. The number of carbonyl (C=O) groups is 3. The summed E-state index contributed by atoms with van der Waals surface area (Å²) in [6, 6.07) is -2.07. The number of hydrogen-bond acceptors (Lipinski definition) is 5. The molecule has 0 aliphatic carbocycles. The van der Waals surface area contributed by atoms with Gasteiger partial charge in [0.1, 0.15) is 6.04 Å². The number of nitrogens with two attached hydrogens (primary N) is 1. The summed E-state index contributed by atoms with van der Waals surface area (Å²) in [5, 5.41) is 19.6. The molecule has 110 valence electrons. The molecule has 0 aromatic carbocycles. The van der Waals surface area contributed by atoms with Crippen LogP contribution in [0.5, 0.6) is 0 Å². The van der Waals surface area contributed by atoms with E-state index >= 15 is 0 Å². The minimum atomic E-state index is -1.28. The highest BCUT2D eigenvalue weighted by molar-refractivity contribution is 5.87. The van der Waals surface area contributed by atoms with Crippen molar-refractivity contribution in [3.8, 4) is 0 Å². The maximum absolute atomic E-state index is 11.6. The summed E-state index contributed by atoms with van der Waals surface area (Å²) in [7, 11) is 1.53. The molecule has 8 nitrogen and oxygen atoms in total. The molecule has 0 aromatic rings. The Hall–Kier alpha value is -1.67. The van der Waals surface area contributed by atoms with E-state index in [1.807, 2.05) is 0 Å². The molecule has 8 heteroatoms. The Bertz CT molecular complexity index is 320. The normalized spacial score (nSPS) is 13.6. The Balaban J connectivity index is 4.22. The first-order chi connectivity index (χ1) is 8.88. The molecule has 0 aromatic heterocycles. The Kier molecular flexibility index (Phi) is 8.47. The van der Waals surface area contributed by atoms with Crippen LogP contribution in [0.4, 0.5) is 0 Å². The van der Waals surface area contributed by atoms with E-state index in [2.05, 4.69) is 5.32 Å². The number of amides is 1. The molecule has 1 amide bonds. The molecular weight excluding hydrogens is 256 g/mol. The van der Waals surface area contributed by atoms with Gasteiger partial charge in [-0.05, 0) is 19.3 Å². The number of hydrogen-bond donors (Lipinski definition) is 4. The maximum Gasteiger partial charge on any atom is 0.326 e. The van der Waals surface area contributed by atoms with Crippen LogP contribution in [-0.4, -0.2) is 53.9 Å². The number of ether oxygens (including phenoxy) is 1. The van der Waals surface area contributed by atoms with Gasteiger partial charge >= 0.3 is 11.9 Å². The van der Waals surface area contributed by atoms with Crippen LogP contribution < -0.4 is 11.1 Å². The first-order valence-corrected chi connectivity index (χ1v) is 5.88. The molecule has 0 rings (SSSR count). The lowest BCUT2D eigenvalue weighted by molar-refractivity contribution is -0.143. The van der Waals surface area contributed by atoms with Crippen molar-refractivity contribution in [1.82, 2.24) is 5.32 Å². The molecule has 0 aliphatic heterocycles. The average molecular weight is 276 g/mol. The van der Waals surface area contributed by atoms with Crippen molar-refractivity contribution in [2.75, 3.05) is 13.7 Å². The number of methoxy groups -OCH3 is 1. The smallest absolute Gasteiger partial charge is 0.326 e. The quantitative estimate of drug-likeness (QED) is 0.382. The fraction of sp³-hybridized carbons (Fsp3) is 0.727. The number of carboxylic acid groups (broad SMARTS) is 2. The summed E-state index contributed by atoms with van der Waals surface area (Å²) in [4.78, 5) is 32.8. The molecule has 0 aliphatic rings. The van der Waals surface area contributed by atoms with Gasteiger partial charge in [0.25, 0.3) is 0 Å². The molecule has 5 N–H and O–H groups in total. The van der Waals surface area contributed by atoms with Crippen molar-refractivity contribution in [1.29, 1.82) is 0 Å². The zero-order valence-electron chi connectivity index (χ0n) is 10.8. The van der Waals surface area contributed by atoms with Crippen molar-refractivity contribution in [2.24, 2.45) is 5.73 Å². The molecule has 0 spiro atoms. The second kappa shape index (κ2) is 9.29. The zero-order valence-corrected chi connectivity index (χ0v) is 10.8. The van der Waals surface area contributed by atoms with E-state index in [0.717, 1.165) is 0 Å². The Morgan fingerprint density at radius 1 is 1.26 bits per heavy atom. The summed E-state index contributed by atoms with van der Waals surface area (Å²) < 4.78 is 4.81. The molecule has 0 saturated carbocycles. The molecular formula is C11H20N2O6. The van der Waals surface area contributed by atoms with Crippen molar-refractivity contribution in [3.63, 3.8) is 0 Å². The summed E-state index contributed by atoms with van der Waals surface area (Å²) >= 11 is 0. The third-order valence-electron chi connectivity index (χ3n) is 2.46. The monoisotopic (exact) mass is 276 g/mol. The lowest BCUT2D eigenvalue weighted by Gasteiger charge is -2.17. The highest BCUT2D eigenvalue weighted by Crippen LogP contribution is 2.01. The van der Waals surface area contributed by atoms with E-state index in [4.69, 9.17) is 20.7 Å². The first kappa shape index (κ1) is 17.3. The Labute approximate surface area is 110 Å². The van der Waals surface area contributed by atoms with Gasteiger partial charge in [0.05, 0.1) is 6.04 Å². The second-order valence-corrected chi connectivity index (χ2v) is 4.07. The summed E-state index contributed by atoms with van der Waals surface area (Å²) in [6.45, 7) is 0.461. The number of rotatable bonds is 10. The van der Waals surface area contributed by atoms with Gasteiger partial charge in [0.15, 0.2) is 0 Å². The minimum absolute atomic E-state index is 0.179. The maximum atomic E-state index is 11.6. The van der Waals surface area contributed by atoms with Crippen LogP contribution in [0, 0.1) is 0 Å². The van der Waals surface area contributed by atoms with Gasteiger partial charge in [-0.15, -0.1) is 0 Å². The van der Waals surface area contributed by atoms with Crippen LogP contribution in [-0.2, 0) is 19.1 Å². The van der Waals surface area contributed by atoms with E-state index in [1.165, 1.54) is 7.11 Å². The lowest BCUT2D eigenvalue weighted by atomic mass is 10.1. The van der Waals surface area contributed by atoms with E-state index in [0.29, 0.717) is 19.4 Å². The Morgan fingerprint density at radius 2 is 1.89 bits per heavy atom. The predicted octanol–water partition coefficient (Wildman–Crippen LogP) is -0.825. The second-order valence-electron chi connectivity index (χ2n) is 4.07. The number of aliphatic carboxylic acids is 2. The zero-order chi connectivity index (χ0) is 14.8. The molecule has 19 heavy (non-hydrogen) atoms. The minimum Gasteiger partial charge on any atom is -0.481 e. The van der Waals surface area contributed by atoms with E-state index in [9.17, 15) is 14.4 Å². The molecule has 1 unspecified atom stereocenters. The third kappa shape index (κ3) is 8.11. The molecule has 0 heterocycles. The molecule has 0 fully saturated rings. The van der Waals surface area contributed by atoms with Gasteiger partial charge in [-0.2, -0.15) is 0 Å². The number of carboxylic acids is 2. The standard InChI is InChI=1S/C11H20N2O6/c1-19-6-2-3-7(12)10(16)13-8(11(17)18)4-5-9(14)15/h7-8H,2-6,12H2,1H3,(H,13,16)(H,14,15)(H,17,18)/t7?,8-/m0/s1. The SMILES string of the molecule is COCCCC(N)C(=O)N[C@@H](CCC(=O)O)C(=O)O. The van der Waals surface area contributed by atoms with Crippen LogP contribution in [0.25, 0.3) is 0 Å². The highest BCUT2D eigenvalue weighted by Gasteiger charge is 2.23. The fourth-order valence-corrected chi connectivity index (χ4v) is 1.38. The van der Waals surface area contributed by atoms with Gasteiger partial charge in [-0.25, -0.2) is 4.79 Å². The van der Waals surface area contributed by atoms with Crippen molar-refractivity contribution < 1.29 is 29.3 Å². The van der Waals surface area contributed by atoms with Crippen LogP contribution in [0.15, 0.2) is 0 Å². The Morgan fingerprint density at radius 3 is 2.37 bits per heavy atom. The molecule has 0 bridgehead atoms. The van der Waals surface area contributed by atoms with Gasteiger partial charge in [0.2, 0.25) is 5.91 Å². The van der Waals surface area contributed by atoms with Gasteiger partial charge in [0, 0.05) is 20.1 Å². The third-order valence-corrected chi connectivity index (χ3v) is 2.46. The summed E-state index contributed by atoms with van der Waals surface area (Å²) in [5.74, 6) is -3.00. The van der Waals surface area contributed by atoms with Gasteiger partial charge in [-0.3, -0.25) is 9.59 Å². The van der Waals surface area contributed by atoms with Crippen LogP contribution in [0.3, 0.4) is 0 Å². The van der Waals surface area contributed by atoms with Crippen molar-refractivity contribution >= 4 is 17.8 Å². The summed E-state index contributed by atoms with van der Waals surface area (Å²) in [5.41, 5.74) is 5.59. The average Bonchev–Trinajstić information content (AvgIpc) is 2.33. The molecule has 0 radical (unpaired) electrons. The number of carbonyl (C=O) groups excluding carboxylic acids is 1. The van der Waals surface area contributed by atoms with Crippen molar-refractivity contribution in [3.05, 3.63) is 0 Å².